The zero-order valence-corrected chi connectivity index (χ0v) is 22.2. The van der Waals surface area contributed by atoms with Crippen LogP contribution in [0.4, 0.5) is 5.95 Å². The van der Waals surface area contributed by atoms with E-state index in [9.17, 15) is 9.90 Å². The molecule has 11 nitrogen and oxygen atoms in total. The molecule has 0 bridgehead atoms. The van der Waals surface area contributed by atoms with Crippen LogP contribution >= 0.6 is 0 Å². The number of nitrogens with zero attached hydrogens (tertiary/aromatic N) is 6. The van der Waals surface area contributed by atoms with E-state index in [1.165, 1.54) is 6.42 Å². The predicted molar refractivity (Wildman–Crippen MR) is 140 cm³/mol. The first-order chi connectivity index (χ1) is 18.4. The Morgan fingerprint density at radius 3 is 2.68 bits per heavy atom. The lowest BCUT2D eigenvalue weighted by atomic mass is 9.83. The monoisotopic (exact) mass is 521 g/mol. The third kappa shape index (κ3) is 5.71. The van der Waals surface area contributed by atoms with Crippen molar-refractivity contribution in [1.29, 1.82) is 0 Å². The highest BCUT2D eigenvalue weighted by Gasteiger charge is 2.29. The van der Waals surface area contributed by atoms with Gasteiger partial charge in [0.1, 0.15) is 11.4 Å². The smallest absolute Gasteiger partial charge is 0.306 e. The van der Waals surface area contributed by atoms with Crippen molar-refractivity contribution < 1.29 is 19.4 Å². The Hall–Kier alpha value is -3.76. The molecule has 0 saturated heterocycles. The Balaban J connectivity index is 1.31. The van der Waals surface area contributed by atoms with Gasteiger partial charge in [0.05, 0.1) is 47.9 Å². The van der Waals surface area contributed by atoms with Crippen LogP contribution in [0, 0.1) is 12.8 Å². The number of aryl methyl sites for hydroxylation is 2. The molecule has 2 atom stereocenters. The molecule has 2 N–H and O–H groups in total. The van der Waals surface area contributed by atoms with Crippen LogP contribution in [0.3, 0.4) is 0 Å². The predicted octanol–water partition coefficient (Wildman–Crippen LogP) is 4.28. The Kier molecular flexibility index (Phi) is 7.71. The number of hydrogen-bond donors (Lipinski definition) is 2. The van der Waals surface area contributed by atoms with E-state index in [-0.39, 0.29) is 12.0 Å². The molecular weight excluding hydrogens is 486 g/mol. The first-order valence-electron chi connectivity index (χ1n) is 13.4. The molecule has 38 heavy (non-hydrogen) atoms. The van der Waals surface area contributed by atoms with Gasteiger partial charge in [-0.2, -0.15) is 4.98 Å². The van der Waals surface area contributed by atoms with Crippen LogP contribution in [0.1, 0.15) is 74.9 Å². The fourth-order valence-corrected chi connectivity index (χ4v) is 5.05. The van der Waals surface area contributed by atoms with E-state index >= 15 is 0 Å². The molecule has 0 unspecified atom stereocenters. The lowest BCUT2D eigenvalue weighted by Crippen LogP contribution is -2.29. The molecule has 3 aromatic rings. The normalized spacial score (nSPS) is 19.6. The number of nitrogens with one attached hydrogen (secondary N) is 1. The Morgan fingerprint density at radius 2 is 1.97 bits per heavy atom. The fourth-order valence-electron chi connectivity index (χ4n) is 5.05. The summed E-state index contributed by atoms with van der Waals surface area (Å²) in [7, 11) is 1.84. The number of carboxylic acids is 1. The van der Waals surface area contributed by atoms with E-state index in [0.717, 1.165) is 42.8 Å². The standard InChI is InChI=1S/C27H35N7O4/c1-4-37-24-14-21(17-7-5-8-17)30-27(31-24)28-15-22-25(32-33-34(22)3)20-11-12-23(16(2)29-20)38-19-10-6-9-18(13-19)26(35)36/h11-12,14,17-19H,4-10,13,15H2,1-3H3,(H,35,36)(H,28,30,31)/t18-,19-/m0/s1. The second-order valence-electron chi connectivity index (χ2n) is 10.1. The average molecular weight is 522 g/mol. The van der Waals surface area contributed by atoms with Crippen molar-refractivity contribution in [3.8, 4) is 23.0 Å². The van der Waals surface area contributed by atoms with E-state index in [4.69, 9.17) is 19.4 Å². The minimum Gasteiger partial charge on any atom is -0.489 e. The first kappa shape index (κ1) is 25.9. The molecule has 0 aliphatic heterocycles. The van der Waals surface area contributed by atoms with E-state index < -0.39 is 5.97 Å². The highest BCUT2D eigenvalue weighted by atomic mass is 16.5. The highest BCUT2D eigenvalue weighted by molar-refractivity contribution is 5.70. The molecule has 0 aromatic carbocycles. The van der Waals surface area contributed by atoms with Gasteiger partial charge in [0.2, 0.25) is 11.8 Å². The molecule has 0 amide bonds. The first-order valence-corrected chi connectivity index (χ1v) is 13.4. The number of carboxylic acid groups (broad SMARTS) is 1. The summed E-state index contributed by atoms with van der Waals surface area (Å²) in [6.45, 7) is 4.79. The third-order valence-electron chi connectivity index (χ3n) is 7.44. The average Bonchev–Trinajstić information content (AvgIpc) is 3.23. The lowest BCUT2D eigenvalue weighted by molar-refractivity contribution is -0.143. The number of pyridine rings is 1. The summed E-state index contributed by atoms with van der Waals surface area (Å²) in [6, 6.07) is 5.70. The lowest BCUT2D eigenvalue weighted by Gasteiger charge is -2.27. The zero-order valence-electron chi connectivity index (χ0n) is 22.2. The SMILES string of the molecule is CCOc1cc(C2CCC2)nc(NCc2c(-c3ccc(O[C@H]4CCC[C@H](C(=O)O)C4)c(C)n3)nnn2C)n1. The summed E-state index contributed by atoms with van der Waals surface area (Å²) in [5.41, 5.74) is 3.94. The van der Waals surface area contributed by atoms with Crippen LogP contribution in [0.25, 0.3) is 11.4 Å². The van der Waals surface area contributed by atoms with Crippen LogP contribution in [-0.2, 0) is 18.4 Å². The van der Waals surface area contributed by atoms with Crippen molar-refractivity contribution in [2.45, 2.75) is 77.4 Å². The number of aliphatic carboxylic acids is 1. The zero-order chi connectivity index (χ0) is 26.6. The number of ether oxygens (including phenoxy) is 2. The molecule has 0 spiro atoms. The van der Waals surface area contributed by atoms with Crippen LogP contribution in [0.15, 0.2) is 18.2 Å². The maximum atomic E-state index is 11.4. The Labute approximate surface area is 222 Å². The van der Waals surface area contributed by atoms with Gasteiger partial charge in [0.25, 0.3) is 0 Å². The molecule has 3 aromatic heterocycles. The van der Waals surface area contributed by atoms with Crippen LogP contribution in [-0.4, -0.2) is 53.7 Å². The molecule has 11 heteroatoms. The van der Waals surface area contributed by atoms with Gasteiger partial charge in [-0.1, -0.05) is 11.6 Å². The van der Waals surface area contributed by atoms with E-state index in [0.29, 0.717) is 60.9 Å². The van der Waals surface area contributed by atoms with Gasteiger partial charge in [-0.05, 0) is 64.5 Å². The molecule has 2 aliphatic rings. The number of hydrogen-bond acceptors (Lipinski definition) is 9. The van der Waals surface area contributed by atoms with Crippen LogP contribution in [0.2, 0.25) is 0 Å². The highest BCUT2D eigenvalue weighted by Crippen LogP contribution is 2.37. The van der Waals surface area contributed by atoms with E-state index in [1.807, 2.05) is 39.1 Å². The molecule has 202 valence electrons. The summed E-state index contributed by atoms with van der Waals surface area (Å²) in [4.78, 5) is 25.4. The molecule has 0 radical (unpaired) electrons. The number of anilines is 1. The van der Waals surface area contributed by atoms with Crippen molar-refractivity contribution >= 4 is 11.9 Å². The summed E-state index contributed by atoms with van der Waals surface area (Å²) >= 11 is 0. The van der Waals surface area contributed by atoms with Crippen molar-refractivity contribution in [1.82, 2.24) is 29.9 Å². The van der Waals surface area contributed by atoms with Gasteiger partial charge in [0, 0.05) is 19.0 Å². The maximum Gasteiger partial charge on any atom is 0.306 e. The fraction of sp³-hybridized carbons (Fsp3) is 0.556. The topological polar surface area (TPSA) is 137 Å². The molecule has 3 heterocycles. The van der Waals surface area contributed by atoms with Gasteiger partial charge in [-0.3, -0.25) is 4.79 Å². The van der Waals surface area contributed by atoms with Crippen molar-refractivity contribution in [3.63, 3.8) is 0 Å². The van der Waals surface area contributed by atoms with Crippen molar-refractivity contribution in [2.75, 3.05) is 11.9 Å². The van der Waals surface area contributed by atoms with Crippen LogP contribution in [0.5, 0.6) is 11.6 Å². The van der Waals surface area contributed by atoms with Crippen molar-refractivity contribution in [3.05, 3.63) is 35.3 Å². The molecule has 5 rings (SSSR count). The second kappa shape index (κ2) is 11.3. The number of aromatic nitrogens is 6. The molecule has 2 fully saturated rings. The number of carbonyl (C=O) groups is 1. The quantitative estimate of drug-likeness (QED) is 0.398. The summed E-state index contributed by atoms with van der Waals surface area (Å²) in [5, 5.41) is 21.3. The summed E-state index contributed by atoms with van der Waals surface area (Å²) < 4.78 is 13.6. The minimum atomic E-state index is -0.749. The summed E-state index contributed by atoms with van der Waals surface area (Å²) in [6.07, 6.45) is 6.31. The Morgan fingerprint density at radius 1 is 1.16 bits per heavy atom. The largest absolute Gasteiger partial charge is 0.489 e. The van der Waals surface area contributed by atoms with Gasteiger partial charge in [-0.15, -0.1) is 5.10 Å². The van der Waals surface area contributed by atoms with Crippen molar-refractivity contribution in [2.24, 2.45) is 13.0 Å². The molecule has 2 aliphatic carbocycles. The van der Waals surface area contributed by atoms with E-state index in [2.05, 4.69) is 20.6 Å². The van der Waals surface area contributed by atoms with Gasteiger partial charge in [0.15, 0.2) is 0 Å². The van der Waals surface area contributed by atoms with E-state index in [1.54, 1.807) is 4.68 Å². The molecular formula is C27H35N7O4. The minimum absolute atomic E-state index is 0.121. The van der Waals surface area contributed by atoms with Gasteiger partial charge in [-0.25, -0.2) is 14.6 Å². The maximum absolute atomic E-state index is 11.4. The van der Waals surface area contributed by atoms with Crippen LogP contribution < -0.4 is 14.8 Å². The second-order valence-corrected chi connectivity index (χ2v) is 10.1. The number of rotatable bonds is 10. The third-order valence-corrected chi connectivity index (χ3v) is 7.44. The molecule has 2 saturated carbocycles. The van der Waals surface area contributed by atoms with Gasteiger partial charge < -0.3 is 19.9 Å². The summed E-state index contributed by atoms with van der Waals surface area (Å²) in [5.74, 6) is 1.13. The van der Waals surface area contributed by atoms with Gasteiger partial charge >= 0.3 is 5.97 Å². The Bertz CT molecular complexity index is 1290.